The van der Waals surface area contributed by atoms with Crippen molar-refractivity contribution in [1.82, 2.24) is 10.7 Å². The van der Waals surface area contributed by atoms with Crippen molar-refractivity contribution < 1.29 is 9.59 Å². The minimum absolute atomic E-state index is 0. The second-order valence-electron chi connectivity index (χ2n) is 3.14. The predicted molar refractivity (Wildman–Crippen MR) is 61.0 cm³/mol. The standard InChI is InChI=1S/C12H9NO2.H3N/c14-9-10-4-3-5-11(8-10)12(15)13-6-1-2-7-13;/h1-9H;1H3. The Hall–Kier alpha value is -2.20. The lowest BCUT2D eigenvalue weighted by Gasteiger charge is -2.01. The van der Waals surface area contributed by atoms with Crippen molar-refractivity contribution in [3.05, 3.63) is 59.9 Å². The van der Waals surface area contributed by atoms with Crippen molar-refractivity contribution in [2.24, 2.45) is 0 Å². The average Bonchev–Trinajstić information content (AvgIpc) is 2.81. The molecular formula is C12H12N2O2. The van der Waals surface area contributed by atoms with E-state index in [1.807, 2.05) is 0 Å². The molecule has 3 N–H and O–H groups in total. The van der Waals surface area contributed by atoms with Gasteiger partial charge in [0.05, 0.1) is 0 Å². The predicted octanol–water partition coefficient (Wildman–Crippen LogP) is 2.15. The van der Waals surface area contributed by atoms with Gasteiger partial charge < -0.3 is 6.15 Å². The van der Waals surface area contributed by atoms with E-state index in [0.717, 1.165) is 6.29 Å². The van der Waals surface area contributed by atoms with Gasteiger partial charge in [-0.15, -0.1) is 0 Å². The van der Waals surface area contributed by atoms with Gasteiger partial charge in [-0.2, -0.15) is 0 Å². The summed E-state index contributed by atoms with van der Waals surface area (Å²) in [5.41, 5.74) is 1.02. The highest BCUT2D eigenvalue weighted by Crippen LogP contribution is 2.06. The number of carbonyl (C=O) groups excluding carboxylic acids is 2. The Morgan fingerprint density at radius 1 is 1.12 bits per heavy atom. The molecule has 1 aromatic heterocycles. The first kappa shape index (κ1) is 11.9. The van der Waals surface area contributed by atoms with Gasteiger partial charge in [0.15, 0.2) is 0 Å². The van der Waals surface area contributed by atoms with Crippen molar-refractivity contribution in [3.8, 4) is 0 Å². The zero-order valence-corrected chi connectivity index (χ0v) is 8.67. The highest BCUT2D eigenvalue weighted by atomic mass is 16.2. The molecule has 1 aromatic carbocycles. The van der Waals surface area contributed by atoms with Crippen molar-refractivity contribution in [2.45, 2.75) is 0 Å². The van der Waals surface area contributed by atoms with Gasteiger partial charge in [0.25, 0.3) is 5.91 Å². The smallest absolute Gasteiger partial charge is 0.261 e. The van der Waals surface area contributed by atoms with E-state index in [1.165, 1.54) is 4.57 Å². The Kier molecular flexibility index (Phi) is 3.74. The van der Waals surface area contributed by atoms with E-state index in [4.69, 9.17) is 0 Å². The zero-order valence-electron chi connectivity index (χ0n) is 8.67. The quantitative estimate of drug-likeness (QED) is 0.781. The molecule has 0 amide bonds. The van der Waals surface area contributed by atoms with Crippen LogP contribution in [0, 0.1) is 0 Å². The van der Waals surface area contributed by atoms with Gasteiger partial charge in [-0.1, -0.05) is 12.1 Å². The van der Waals surface area contributed by atoms with Crippen LogP contribution in [0.5, 0.6) is 0 Å². The molecule has 4 heteroatoms. The lowest BCUT2D eigenvalue weighted by molar-refractivity contribution is 0.0960. The number of hydrogen-bond donors (Lipinski definition) is 1. The number of aldehydes is 1. The van der Waals surface area contributed by atoms with Gasteiger partial charge in [-0.05, 0) is 24.3 Å². The van der Waals surface area contributed by atoms with Gasteiger partial charge in [0.1, 0.15) is 6.29 Å². The van der Waals surface area contributed by atoms with Crippen LogP contribution in [0.15, 0.2) is 48.8 Å². The molecule has 0 saturated carbocycles. The molecule has 2 aromatic rings. The minimum atomic E-state index is -0.135. The van der Waals surface area contributed by atoms with Crippen LogP contribution in [0.1, 0.15) is 20.7 Å². The molecule has 0 aliphatic heterocycles. The topological polar surface area (TPSA) is 74.1 Å². The first-order chi connectivity index (χ1) is 7.31. The fourth-order valence-corrected chi connectivity index (χ4v) is 1.36. The van der Waals surface area contributed by atoms with Gasteiger partial charge in [-0.25, -0.2) is 0 Å². The maximum Gasteiger partial charge on any atom is 0.261 e. The van der Waals surface area contributed by atoms with Crippen LogP contribution >= 0.6 is 0 Å². The van der Waals surface area contributed by atoms with Crippen LogP contribution in [0.25, 0.3) is 0 Å². The fraction of sp³-hybridized carbons (Fsp3) is 0. The van der Waals surface area contributed by atoms with Crippen LogP contribution in [0.4, 0.5) is 0 Å². The first-order valence-electron chi connectivity index (χ1n) is 4.54. The summed E-state index contributed by atoms with van der Waals surface area (Å²) in [5.74, 6) is -0.135. The van der Waals surface area contributed by atoms with E-state index >= 15 is 0 Å². The third kappa shape index (κ3) is 2.24. The number of aromatic nitrogens is 1. The van der Waals surface area contributed by atoms with Gasteiger partial charge in [0.2, 0.25) is 0 Å². The first-order valence-corrected chi connectivity index (χ1v) is 4.54. The lowest BCUT2D eigenvalue weighted by atomic mass is 10.1. The molecular weight excluding hydrogens is 204 g/mol. The molecule has 1 heterocycles. The van der Waals surface area contributed by atoms with Gasteiger partial charge >= 0.3 is 0 Å². The van der Waals surface area contributed by atoms with Crippen molar-refractivity contribution in [3.63, 3.8) is 0 Å². The molecule has 0 aliphatic rings. The van der Waals surface area contributed by atoms with E-state index in [-0.39, 0.29) is 12.1 Å². The molecule has 0 unspecified atom stereocenters. The summed E-state index contributed by atoms with van der Waals surface area (Å²) in [6.45, 7) is 0. The molecule has 0 atom stereocenters. The third-order valence-corrected chi connectivity index (χ3v) is 2.11. The van der Waals surface area contributed by atoms with Crippen molar-refractivity contribution in [1.29, 1.82) is 0 Å². The number of nitrogens with zero attached hydrogens (tertiary/aromatic N) is 1. The monoisotopic (exact) mass is 216 g/mol. The average molecular weight is 216 g/mol. The zero-order chi connectivity index (χ0) is 10.7. The highest BCUT2D eigenvalue weighted by Gasteiger charge is 2.06. The molecule has 82 valence electrons. The molecule has 2 rings (SSSR count). The molecule has 0 saturated heterocycles. The van der Waals surface area contributed by atoms with Crippen LogP contribution in [0.3, 0.4) is 0 Å². The van der Waals surface area contributed by atoms with E-state index in [1.54, 1.807) is 48.8 Å². The Morgan fingerprint density at radius 3 is 2.44 bits per heavy atom. The summed E-state index contributed by atoms with van der Waals surface area (Å²) in [5, 5.41) is 0. The second kappa shape index (κ2) is 5.04. The summed E-state index contributed by atoms with van der Waals surface area (Å²) in [6, 6.07) is 10.2. The summed E-state index contributed by atoms with van der Waals surface area (Å²) in [4.78, 5) is 22.4. The second-order valence-corrected chi connectivity index (χ2v) is 3.14. The van der Waals surface area contributed by atoms with Crippen LogP contribution in [-0.2, 0) is 0 Å². The van der Waals surface area contributed by atoms with Crippen LogP contribution < -0.4 is 6.15 Å². The number of carbonyl (C=O) groups is 2. The lowest BCUT2D eigenvalue weighted by Crippen LogP contribution is -2.09. The normalized spacial score (nSPS) is 9.25. The molecule has 0 spiro atoms. The molecule has 0 aliphatic carbocycles. The van der Waals surface area contributed by atoms with Crippen molar-refractivity contribution in [2.75, 3.05) is 0 Å². The Morgan fingerprint density at radius 2 is 1.81 bits per heavy atom. The summed E-state index contributed by atoms with van der Waals surface area (Å²) < 4.78 is 1.48. The Labute approximate surface area is 93.1 Å². The van der Waals surface area contributed by atoms with Crippen LogP contribution in [0.2, 0.25) is 0 Å². The maximum atomic E-state index is 11.8. The molecule has 0 fully saturated rings. The maximum absolute atomic E-state index is 11.8. The minimum Gasteiger partial charge on any atom is -0.344 e. The molecule has 4 nitrogen and oxygen atoms in total. The highest BCUT2D eigenvalue weighted by molar-refractivity contribution is 5.97. The summed E-state index contributed by atoms with van der Waals surface area (Å²) in [6.07, 6.45) is 4.08. The third-order valence-electron chi connectivity index (χ3n) is 2.11. The number of hydrogen-bond acceptors (Lipinski definition) is 3. The van der Waals surface area contributed by atoms with E-state index in [9.17, 15) is 9.59 Å². The fourth-order valence-electron chi connectivity index (χ4n) is 1.36. The summed E-state index contributed by atoms with van der Waals surface area (Å²) >= 11 is 0. The number of benzene rings is 1. The molecule has 0 radical (unpaired) electrons. The molecule has 0 bridgehead atoms. The summed E-state index contributed by atoms with van der Waals surface area (Å²) in [7, 11) is 0. The van der Waals surface area contributed by atoms with Crippen molar-refractivity contribution >= 4 is 12.2 Å². The van der Waals surface area contributed by atoms with E-state index in [2.05, 4.69) is 0 Å². The van der Waals surface area contributed by atoms with E-state index < -0.39 is 0 Å². The Bertz CT molecular complexity index is 489. The number of rotatable bonds is 2. The SMILES string of the molecule is N.O=Cc1cccc(C(=O)n2cccc2)c1. The van der Waals surface area contributed by atoms with Gasteiger partial charge in [-0.3, -0.25) is 14.2 Å². The van der Waals surface area contributed by atoms with Gasteiger partial charge in [0, 0.05) is 23.5 Å². The van der Waals surface area contributed by atoms with Crippen LogP contribution in [-0.4, -0.2) is 16.8 Å². The molecule has 16 heavy (non-hydrogen) atoms. The largest absolute Gasteiger partial charge is 0.344 e. The van der Waals surface area contributed by atoms with E-state index in [0.29, 0.717) is 11.1 Å². The Balaban J connectivity index is 0.00000128.